The Bertz CT molecular complexity index is 1050. The highest BCUT2D eigenvalue weighted by Gasteiger charge is 2.19. The van der Waals surface area contributed by atoms with Gasteiger partial charge in [-0.15, -0.1) is 11.3 Å². The second kappa shape index (κ2) is 7.53. The van der Waals surface area contributed by atoms with Crippen molar-refractivity contribution in [2.24, 2.45) is 0 Å². The molecule has 0 fully saturated rings. The number of nitrogens with one attached hydrogen (secondary N) is 1. The number of ether oxygens (including phenoxy) is 2. The number of rotatable bonds is 5. The molecule has 7 heteroatoms. The minimum atomic E-state index is -0.465. The number of fused-ring (bicyclic) bond motifs is 1. The summed E-state index contributed by atoms with van der Waals surface area (Å²) >= 11 is 1.15. The van der Waals surface area contributed by atoms with Crippen molar-refractivity contribution in [3.05, 3.63) is 56.4 Å². The van der Waals surface area contributed by atoms with Gasteiger partial charge >= 0.3 is 5.97 Å². The summed E-state index contributed by atoms with van der Waals surface area (Å²) in [5, 5.41) is 0.419. The Labute approximate surface area is 154 Å². The molecule has 1 N–H and O–H groups in total. The largest absolute Gasteiger partial charge is 0.493 e. The summed E-state index contributed by atoms with van der Waals surface area (Å²) in [7, 11) is 1.31. The summed E-state index contributed by atoms with van der Waals surface area (Å²) in [6, 6.07) is 7.61. The zero-order valence-corrected chi connectivity index (χ0v) is 15.5. The van der Waals surface area contributed by atoms with Crippen molar-refractivity contribution < 1.29 is 14.3 Å². The lowest BCUT2D eigenvalue weighted by Gasteiger charge is -2.06. The van der Waals surface area contributed by atoms with Crippen LogP contribution in [0, 0.1) is 6.92 Å². The van der Waals surface area contributed by atoms with Gasteiger partial charge in [-0.25, -0.2) is 9.78 Å². The molecule has 1 aromatic carbocycles. The van der Waals surface area contributed by atoms with E-state index in [-0.39, 0.29) is 5.56 Å². The zero-order chi connectivity index (χ0) is 18.7. The van der Waals surface area contributed by atoms with E-state index in [1.165, 1.54) is 7.11 Å². The SMILES string of the molecule is CCOc1ccccc1/C=C/c1nc2sc(C(=O)OC)c(C)c2c(=O)[nH]1. The van der Waals surface area contributed by atoms with Crippen molar-refractivity contribution in [1.82, 2.24) is 9.97 Å². The Morgan fingerprint density at radius 2 is 2.08 bits per heavy atom. The fourth-order valence-corrected chi connectivity index (χ4v) is 3.71. The Kier molecular flexibility index (Phi) is 5.18. The number of aryl methyl sites for hydroxylation is 1. The van der Waals surface area contributed by atoms with E-state index >= 15 is 0 Å². The highest BCUT2D eigenvalue weighted by Crippen LogP contribution is 2.28. The number of hydrogen-bond acceptors (Lipinski definition) is 6. The first-order valence-electron chi connectivity index (χ1n) is 8.06. The molecule has 0 aliphatic carbocycles. The summed E-state index contributed by atoms with van der Waals surface area (Å²) in [4.78, 5) is 32.3. The van der Waals surface area contributed by atoms with Crippen LogP contribution in [0.15, 0.2) is 29.1 Å². The molecule has 0 saturated carbocycles. The zero-order valence-electron chi connectivity index (χ0n) is 14.7. The lowest BCUT2D eigenvalue weighted by atomic mass is 10.2. The average Bonchev–Trinajstić information content (AvgIpc) is 2.97. The number of aromatic nitrogens is 2. The third-order valence-electron chi connectivity index (χ3n) is 3.83. The standard InChI is InChI=1S/C19H18N2O4S/c1-4-25-13-8-6-5-7-12(13)9-10-14-20-17(22)15-11(2)16(19(23)24-3)26-18(15)21-14/h5-10H,4H2,1-3H3,(H,20,21,22)/b10-9+. The minimum absolute atomic E-state index is 0.281. The van der Waals surface area contributed by atoms with E-state index in [0.29, 0.717) is 33.1 Å². The van der Waals surface area contributed by atoms with Gasteiger partial charge in [0, 0.05) is 5.56 Å². The summed E-state index contributed by atoms with van der Waals surface area (Å²) in [6.45, 7) is 4.21. The molecular weight excluding hydrogens is 352 g/mol. The fourth-order valence-electron chi connectivity index (χ4n) is 2.60. The molecule has 0 spiro atoms. The Morgan fingerprint density at radius 1 is 1.31 bits per heavy atom. The number of carbonyl (C=O) groups excluding carboxylic acids is 1. The first kappa shape index (κ1) is 17.9. The second-order valence-corrected chi connectivity index (χ2v) is 6.48. The van der Waals surface area contributed by atoms with Gasteiger partial charge in [-0.05, 0) is 37.6 Å². The number of nitrogens with zero attached hydrogens (tertiary/aromatic N) is 1. The van der Waals surface area contributed by atoms with Gasteiger partial charge in [0.25, 0.3) is 5.56 Å². The van der Waals surface area contributed by atoms with Crippen molar-refractivity contribution in [2.45, 2.75) is 13.8 Å². The summed E-state index contributed by atoms with van der Waals surface area (Å²) in [5.41, 5.74) is 1.19. The number of methoxy groups -OCH3 is 1. The van der Waals surface area contributed by atoms with E-state index in [9.17, 15) is 9.59 Å². The first-order chi connectivity index (χ1) is 12.5. The second-order valence-electron chi connectivity index (χ2n) is 5.48. The van der Waals surface area contributed by atoms with Crippen molar-refractivity contribution in [3.8, 4) is 5.75 Å². The van der Waals surface area contributed by atoms with Gasteiger partial charge in [0.1, 0.15) is 21.3 Å². The highest BCUT2D eigenvalue weighted by atomic mass is 32.1. The Hall–Kier alpha value is -2.93. The van der Waals surface area contributed by atoms with Crippen LogP contribution in [0.3, 0.4) is 0 Å². The van der Waals surface area contributed by atoms with E-state index in [4.69, 9.17) is 9.47 Å². The number of hydrogen-bond donors (Lipinski definition) is 1. The van der Waals surface area contributed by atoms with Gasteiger partial charge < -0.3 is 14.5 Å². The monoisotopic (exact) mass is 370 g/mol. The van der Waals surface area contributed by atoms with Crippen LogP contribution in [0.4, 0.5) is 0 Å². The number of aromatic amines is 1. The topological polar surface area (TPSA) is 81.3 Å². The summed E-state index contributed by atoms with van der Waals surface area (Å²) in [6.07, 6.45) is 3.54. The highest BCUT2D eigenvalue weighted by molar-refractivity contribution is 7.20. The van der Waals surface area contributed by atoms with Gasteiger partial charge in [0.15, 0.2) is 0 Å². The van der Waals surface area contributed by atoms with Crippen molar-refractivity contribution in [3.63, 3.8) is 0 Å². The predicted octanol–water partition coefficient (Wildman–Crippen LogP) is 3.65. The Balaban J connectivity index is 2.02. The van der Waals surface area contributed by atoms with Crippen molar-refractivity contribution >= 4 is 39.7 Å². The molecule has 3 rings (SSSR count). The van der Waals surface area contributed by atoms with E-state index < -0.39 is 5.97 Å². The van der Waals surface area contributed by atoms with Crippen LogP contribution in [0.25, 0.3) is 22.4 Å². The molecule has 0 aliphatic rings. The maximum absolute atomic E-state index is 12.4. The molecule has 0 amide bonds. The number of thiophene rings is 1. The lowest BCUT2D eigenvalue weighted by molar-refractivity contribution is 0.0605. The molecule has 0 bridgehead atoms. The summed E-state index contributed by atoms with van der Waals surface area (Å²) < 4.78 is 10.3. The molecule has 0 aliphatic heterocycles. The van der Waals surface area contributed by atoms with Crippen LogP contribution in [0.1, 0.15) is 33.5 Å². The Morgan fingerprint density at radius 3 is 2.81 bits per heavy atom. The van der Waals surface area contributed by atoms with E-state index in [1.807, 2.05) is 37.3 Å². The molecule has 0 radical (unpaired) electrons. The van der Waals surface area contributed by atoms with Crippen LogP contribution in [-0.4, -0.2) is 29.7 Å². The van der Waals surface area contributed by atoms with Gasteiger partial charge in [-0.2, -0.15) is 0 Å². The van der Waals surface area contributed by atoms with Crippen LogP contribution >= 0.6 is 11.3 Å². The van der Waals surface area contributed by atoms with Gasteiger partial charge in [-0.1, -0.05) is 18.2 Å². The molecule has 134 valence electrons. The number of benzene rings is 1. The maximum Gasteiger partial charge on any atom is 0.348 e. The van der Waals surface area contributed by atoms with E-state index in [1.54, 1.807) is 13.0 Å². The molecule has 2 heterocycles. The molecule has 26 heavy (non-hydrogen) atoms. The van der Waals surface area contributed by atoms with Gasteiger partial charge in [-0.3, -0.25) is 4.79 Å². The average molecular weight is 370 g/mol. The smallest absolute Gasteiger partial charge is 0.348 e. The molecule has 0 atom stereocenters. The van der Waals surface area contributed by atoms with Crippen LogP contribution in [0.2, 0.25) is 0 Å². The van der Waals surface area contributed by atoms with Crippen molar-refractivity contribution in [2.75, 3.05) is 13.7 Å². The number of esters is 1. The van der Waals surface area contributed by atoms with Gasteiger partial charge in [0.2, 0.25) is 0 Å². The number of carbonyl (C=O) groups is 1. The van der Waals surface area contributed by atoms with Crippen LogP contribution in [0.5, 0.6) is 5.75 Å². The third-order valence-corrected chi connectivity index (χ3v) is 4.99. The molecule has 0 unspecified atom stereocenters. The third kappa shape index (κ3) is 3.39. The van der Waals surface area contributed by atoms with Crippen LogP contribution in [-0.2, 0) is 4.74 Å². The molecule has 3 aromatic rings. The minimum Gasteiger partial charge on any atom is -0.493 e. The van der Waals surface area contributed by atoms with E-state index in [0.717, 1.165) is 22.6 Å². The number of para-hydroxylation sites is 1. The molecular formula is C19H18N2O4S. The van der Waals surface area contributed by atoms with E-state index in [2.05, 4.69) is 9.97 Å². The predicted molar refractivity (Wildman–Crippen MR) is 103 cm³/mol. The lowest BCUT2D eigenvalue weighted by Crippen LogP contribution is -2.09. The number of H-pyrrole nitrogens is 1. The van der Waals surface area contributed by atoms with Crippen molar-refractivity contribution in [1.29, 1.82) is 0 Å². The molecule has 0 saturated heterocycles. The molecule has 6 nitrogen and oxygen atoms in total. The van der Waals surface area contributed by atoms with Crippen LogP contribution < -0.4 is 10.3 Å². The maximum atomic E-state index is 12.4. The quantitative estimate of drug-likeness (QED) is 0.693. The fraction of sp³-hybridized carbons (Fsp3) is 0.211. The summed E-state index contributed by atoms with van der Waals surface area (Å²) in [5.74, 6) is 0.703. The molecule has 2 aromatic heterocycles. The normalized spacial score (nSPS) is 11.2. The van der Waals surface area contributed by atoms with Gasteiger partial charge in [0.05, 0.1) is 19.1 Å². The first-order valence-corrected chi connectivity index (χ1v) is 8.88.